The van der Waals surface area contributed by atoms with Crippen LogP contribution in [-0.4, -0.2) is 37.2 Å². The number of carbonyl (C=O) groups excluding carboxylic acids is 3. The lowest BCUT2D eigenvalue weighted by molar-refractivity contribution is -0.167. The molecule has 6 nitrogen and oxygen atoms in total. The minimum Gasteiger partial charge on any atom is -0.462 e. The third kappa shape index (κ3) is 57.9. The summed E-state index contributed by atoms with van der Waals surface area (Å²) in [5.41, 5.74) is 0. The molecule has 1 atom stereocenters. The highest BCUT2D eigenvalue weighted by Crippen LogP contribution is 2.16. The smallest absolute Gasteiger partial charge is 0.306 e. The number of allylic oxidation sites excluding steroid dienone is 10. The molecule has 1 unspecified atom stereocenters. The summed E-state index contributed by atoms with van der Waals surface area (Å²) >= 11 is 0. The molecular formula is C65H116O6. The second-order valence-corrected chi connectivity index (χ2v) is 20.6. The average molecular weight is 994 g/mol. The van der Waals surface area contributed by atoms with Crippen molar-refractivity contribution >= 4 is 17.9 Å². The van der Waals surface area contributed by atoms with Gasteiger partial charge in [-0.05, 0) is 103 Å². The summed E-state index contributed by atoms with van der Waals surface area (Å²) in [5, 5.41) is 0. The minimum absolute atomic E-state index is 0.0782. The lowest BCUT2D eigenvalue weighted by Crippen LogP contribution is -2.30. The molecule has 6 heteroatoms. The Labute approximate surface area is 440 Å². The third-order valence-electron chi connectivity index (χ3n) is 13.5. The molecule has 71 heavy (non-hydrogen) atoms. The van der Waals surface area contributed by atoms with Gasteiger partial charge < -0.3 is 14.2 Å². The Hall–Kier alpha value is -2.89. The van der Waals surface area contributed by atoms with Crippen molar-refractivity contribution in [3.05, 3.63) is 60.8 Å². The Morgan fingerprint density at radius 1 is 0.296 bits per heavy atom. The summed E-state index contributed by atoms with van der Waals surface area (Å²) in [7, 11) is 0. The van der Waals surface area contributed by atoms with Crippen LogP contribution in [0, 0.1) is 0 Å². The van der Waals surface area contributed by atoms with E-state index in [-0.39, 0.29) is 31.1 Å². The van der Waals surface area contributed by atoms with Crippen molar-refractivity contribution in [2.24, 2.45) is 0 Å². The number of carbonyl (C=O) groups is 3. The number of esters is 3. The van der Waals surface area contributed by atoms with Crippen molar-refractivity contribution in [1.82, 2.24) is 0 Å². The molecule has 0 spiro atoms. The van der Waals surface area contributed by atoms with Crippen LogP contribution < -0.4 is 0 Å². The van der Waals surface area contributed by atoms with E-state index in [1.807, 2.05) is 0 Å². The van der Waals surface area contributed by atoms with Gasteiger partial charge in [0, 0.05) is 19.3 Å². The summed E-state index contributed by atoms with van der Waals surface area (Å²) in [6.07, 6.45) is 75.0. The van der Waals surface area contributed by atoms with Crippen LogP contribution in [0.5, 0.6) is 0 Å². The second kappa shape index (κ2) is 59.7. The van der Waals surface area contributed by atoms with E-state index in [0.29, 0.717) is 19.3 Å². The molecule has 0 aromatic heterocycles. The molecule has 0 aromatic carbocycles. The predicted molar refractivity (Wildman–Crippen MR) is 307 cm³/mol. The highest BCUT2D eigenvalue weighted by Gasteiger charge is 2.19. The molecule has 0 aliphatic carbocycles. The van der Waals surface area contributed by atoms with Crippen LogP contribution >= 0.6 is 0 Å². The molecule has 0 fully saturated rings. The maximum atomic E-state index is 12.9. The van der Waals surface area contributed by atoms with Gasteiger partial charge in [0.05, 0.1) is 0 Å². The van der Waals surface area contributed by atoms with E-state index in [4.69, 9.17) is 14.2 Å². The summed E-state index contributed by atoms with van der Waals surface area (Å²) < 4.78 is 16.9. The van der Waals surface area contributed by atoms with Gasteiger partial charge in [-0.15, -0.1) is 0 Å². The molecule has 0 amide bonds. The largest absolute Gasteiger partial charge is 0.462 e. The molecule has 0 heterocycles. The van der Waals surface area contributed by atoms with E-state index in [2.05, 4.69) is 81.5 Å². The Morgan fingerprint density at radius 3 is 0.873 bits per heavy atom. The van der Waals surface area contributed by atoms with Gasteiger partial charge >= 0.3 is 17.9 Å². The molecule has 0 aliphatic heterocycles. The fourth-order valence-corrected chi connectivity index (χ4v) is 8.86. The number of unbranched alkanes of at least 4 members (excludes halogenated alkanes) is 35. The Kier molecular flexibility index (Phi) is 57.2. The number of ether oxygens (including phenoxy) is 3. The Morgan fingerprint density at radius 2 is 0.549 bits per heavy atom. The summed E-state index contributed by atoms with van der Waals surface area (Å²) in [6, 6.07) is 0. The molecule has 0 aliphatic rings. The van der Waals surface area contributed by atoms with Gasteiger partial charge in [-0.3, -0.25) is 14.4 Å². The molecule has 0 aromatic rings. The van der Waals surface area contributed by atoms with Gasteiger partial charge in [-0.1, -0.05) is 255 Å². The summed E-state index contributed by atoms with van der Waals surface area (Å²) in [5.74, 6) is -0.877. The first-order valence-corrected chi connectivity index (χ1v) is 30.8. The maximum absolute atomic E-state index is 12.9. The van der Waals surface area contributed by atoms with Crippen LogP contribution in [0.1, 0.15) is 316 Å². The quantitative estimate of drug-likeness (QED) is 0.0261. The highest BCUT2D eigenvalue weighted by atomic mass is 16.6. The van der Waals surface area contributed by atoms with Gasteiger partial charge in [0.25, 0.3) is 0 Å². The SMILES string of the molecule is CC/C=C\C/C=C\C/C=C\CCCCCCCCCCCC(=O)OCC(COC(=O)CCCCCCCCC/C=C\CCCCCCCC)OC(=O)CCCCCCCCC/C=C\CCCCCCCC. The zero-order valence-electron chi connectivity index (χ0n) is 47.2. The van der Waals surface area contributed by atoms with Gasteiger partial charge in [0.1, 0.15) is 13.2 Å². The van der Waals surface area contributed by atoms with Gasteiger partial charge in [-0.2, -0.15) is 0 Å². The molecule has 412 valence electrons. The highest BCUT2D eigenvalue weighted by molar-refractivity contribution is 5.71. The Balaban J connectivity index is 4.37. The zero-order chi connectivity index (χ0) is 51.4. The first-order chi connectivity index (χ1) is 35.0. The zero-order valence-corrected chi connectivity index (χ0v) is 47.2. The monoisotopic (exact) mass is 993 g/mol. The lowest BCUT2D eigenvalue weighted by atomic mass is 10.1. The lowest BCUT2D eigenvalue weighted by Gasteiger charge is -2.18. The predicted octanol–water partition coefficient (Wildman–Crippen LogP) is 20.8. The molecule has 0 bridgehead atoms. The fourth-order valence-electron chi connectivity index (χ4n) is 8.86. The van der Waals surface area contributed by atoms with Crippen molar-refractivity contribution < 1.29 is 28.6 Å². The van der Waals surface area contributed by atoms with E-state index in [9.17, 15) is 14.4 Å². The minimum atomic E-state index is -0.781. The van der Waals surface area contributed by atoms with Gasteiger partial charge in [-0.25, -0.2) is 0 Å². The van der Waals surface area contributed by atoms with Crippen molar-refractivity contribution in [2.45, 2.75) is 322 Å². The van der Waals surface area contributed by atoms with Crippen LogP contribution in [0.4, 0.5) is 0 Å². The fraction of sp³-hybridized carbons (Fsp3) is 0.800. The number of rotatable bonds is 56. The molecule has 0 saturated carbocycles. The van der Waals surface area contributed by atoms with E-state index >= 15 is 0 Å². The number of hydrogen-bond donors (Lipinski definition) is 0. The first-order valence-electron chi connectivity index (χ1n) is 30.8. The van der Waals surface area contributed by atoms with Crippen molar-refractivity contribution in [2.75, 3.05) is 13.2 Å². The first kappa shape index (κ1) is 68.1. The second-order valence-electron chi connectivity index (χ2n) is 20.6. The van der Waals surface area contributed by atoms with Crippen molar-refractivity contribution in [3.63, 3.8) is 0 Å². The van der Waals surface area contributed by atoms with E-state index < -0.39 is 6.10 Å². The average Bonchev–Trinajstić information content (AvgIpc) is 3.37. The normalized spacial score (nSPS) is 12.4. The maximum Gasteiger partial charge on any atom is 0.306 e. The van der Waals surface area contributed by atoms with Crippen LogP contribution in [0.25, 0.3) is 0 Å². The van der Waals surface area contributed by atoms with Crippen LogP contribution in [0.2, 0.25) is 0 Å². The molecule has 0 rings (SSSR count). The summed E-state index contributed by atoms with van der Waals surface area (Å²) in [6.45, 7) is 6.55. The molecule has 0 N–H and O–H groups in total. The summed E-state index contributed by atoms with van der Waals surface area (Å²) in [4.78, 5) is 38.3. The van der Waals surface area contributed by atoms with Crippen LogP contribution in [0.3, 0.4) is 0 Å². The van der Waals surface area contributed by atoms with E-state index in [1.54, 1.807) is 0 Å². The Bertz CT molecular complexity index is 1280. The third-order valence-corrected chi connectivity index (χ3v) is 13.5. The van der Waals surface area contributed by atoms with Crippen molar-refractivity contribution in [3.8, 4) is 0 Å². The van der Waals surface area contributed by atoms with Gasteiger partial charge in [0.2, 0.25) is 0 Å². The molecule has 0 saturated heterocycles. The van der Waals surface area contributed by atoms with Crippen LogP contribution in [-0.2, 0) is 28.6 Å². The molecule has 0 radical (unpaired) electrons. The molecular weight excluding hydrogens is 877 g/mol. The standard InChI is InChI=1S/C65H116O6/c1-4-7-10-13-16-19-22-25-28-31-32-35-37-40-43-46-49-52-55-58-64(67)70-61-62(71-65(68)59-56-53-50-47-44-41-38-34-30-27-24-21-18-15-12-9-6-3)60-69-63(66)57-54-51-48-45-42-39-36-33-29-26-23-20-17-14-11-8-5-2/h7,10,16,19,25-30,62H,4-6,8-9,11-15,17-18,20-24,31-61H2,1-3H3/b10-7-,19-16-,28-25-,29-26-,30-27-. The van der Waals surface area contributed by atoms with Crippen LogP contribution in [0.15, 0.2) is 60.8 Å². The topological polar surface area (TPSA) is 78.9 Å². The van der Waals surface area contributed by atoms with E-state index in [0.717, 1.165) is 77.0 Å². The van der Waals surface area contributed by atoms with Gasteiger partial charge in [0.15, 0.2) is 6.10 Å². The van der Waals surface area contributed by atoms with Crippen molar-refractivity contribution in [1.29, 1.82) is 0 Å². The van der Waals surface area contributed by atoms with E-state index in [1.165, 1.54) is 199 Å². The number of hydrogen-bond acceptors (Lipinski definition) is 6.